The molecule has 0 radical (unpaired) electrons. The molecule has 80 valence electrons. The van der Waals surface area contributed by atoms with Crippen LogP contribution in [0.2, 0.25) is 0 Å². The Bertz CT molecular complexity index is 639. The number of nitrogens with zero attached hydrogens (tertiary/aromatic N) is 3. The summed E-state index contributed by atoms with van der Waals surface area (Å²) in [6.07, 6.45) is 1.90. The molecule has 5 heteroatoms. The van der Waals surface area contributed by atoms with Crippen LogP contribution in [0, 0.1) is 6.92 Å². The summed E-state index contributed by atoms with van der Waals surface area (Å²) >= 11 is 1.63. The highest BCUT2D eigenvalue weighted by molar-refractivity contribution is 7.08. The third-order valence-corrected chi connectivity index (χ3v) is 3.15. The van der Waals surface area contributed by atoms with Crippen molar-refractivity contribution in [1.82, 2.24) is 14.4 Å². The Hall–Kier alpha value is -1.88. The number of rotatable bonds is 1. The average molecular weight is 230 g/mol. The first-order chi connectivity index (χ1) is 7.75. The Labute approximate surface area is 96.4 Å². The lowest BCUT2D eigenvalue weighted by Crippen LogP contribution is -1.95. The molecule has 3 rings (SSSR count). The van der Waals surface area contributed by atoms with Crippen LogP contribution >= 0.6 is 11.3 Å². The summed E-state index contributed by atoms with van der Waals surface area (Å²) in [4.78, 5) is 8.79. The number of nitrogen functional groups attached to an aromatic ring is 1. The molecule has 16 heavy (non-hydrogen) atoms. The molecule has 0 aliphatic heterocycles. The zero-order valence-electron chi connectivity index (χ0n) is 8.71. The van der Waals surface area contributed by atoms with Gasteiger partial charge in [0.1, 0.15) is 11.5 Å². The molecular weight excluding hydrogens is 220 g/mol. The second-order valence-electron chi connectivity index (χ2n) is 3.60. The average Bonchev–Trinajstić information content (AvgIpc) is 2.86. The van der Waals surface area contributed by atoms with E-state index in [1.807, 2.05) is 36.0 Å². The van der Waals surface area contributed by atoms with Crippen molar-refractivity contribution in [2.45, 2.75) is 6.92 Å². The molecule has 3 aromatic heterocycles. The van der Waals surface area contributed by atoms with Crippen LogP contribution in [0.3, 0.4) is 0 Å². The third kappa shape index (κ3) is 1.29. The smallest absolute Gasteiger partial charge is 0.236 e. The van der Waals surface area contributed by atoms with E-state index in [2.05, 4.69) is 9.97 Å². The number of nitrogens with two attached hydrogens (primary N) is 1. The highest BCUT2D eigenvalue weighted by Gasteiger charge is 2.11. The largest absolute Gasteiger partial charge is 0.383 e. The van der Waals surface area contributed by atoms with Crippen molar-refractivity contribution in [2.75, 3.05) is 5.73 Å². The Balaban J connectivity index is 2.31. The molecule has 0 aromatic carbocycles. The lowest BCUT2D eigenvalue weighted by atomic mass is 10.2. The van der Waals surface area contributed by atoms with Crippen LogP contribution in [0.25, 0.3) is 17.0 Å². The summed E-state index contributed by atoms with van der Waals surface area (Å²) < 4.78 is 1.81. The first-order valence-electron chi connectivity index (χ1n) is 4.89. The minimum atomic E-state index is 0.640. The second kappa shape index (κ2) is 3.31. The fraction of sp³-hybridized carbons (Fsp3) is 0.0909. The summed E-state index contributed by atoms with van der Waals surface area (Å²) in [5.74, 6) is 1.29. The van der Waals surface area contributed by atoms with Crippen LogP contribution in [-0.4, -0.2) is 14.4 Å². The van der Waals surface area contributed by atoms with E-state index in [-0.39, 0.29) is 0 Å². The van der Waals surface area contributed by atoms with Gasteiger partial charge in [-0.2, -0.15) is 11.3 Å². The fourth-order valence-corrected chi connectivity index (χ4v) is 2.29. The topological polar surface area (TPSA) is 56.2 Å². The van der Waals surface area contributed by atoms with Crippen LogP contribution in [0.5, 0.6) is 0 Å². The molecule has 3 aromatic rings. The van der Waals surface area contributed by atoms with Crippen molar-refractivity contribution >= 4 is 22.9 Å². The molecule has 0 unspecified atom stereocenters. The second-order valence-corrected chi connectivity index (χ2v) is 4.38. The standard InChI is InChI=1S/C11H10N4S/c1-7-2-4-15-10(12)9(14-11(15)13-7)8-3-5-16-6-8/h2-6H,12H2,1H3. The molecule has 0 bridgehead atoms. The molecule has 0 spiro atoms. The fourth-order valence-electron chi connectivity index (χ4n) is 1.65. The normalized spacial score (nSPS) is 11.1. The van der Waals surface area contributed by atoms with Gasteiger partial charge in [0.25, 0.3) is 0 Å². The highest BCUT2D eigenvalue weighted by Crippen LogP contribution is 2.27. The summed E-state index contributed by atoms with van der Waals surface area (Å²) in [6, 6.07) is 3.93. The minimum absolute atomic E-state index is 0.640. The van der Waals surface area contributed by atoms with Gasteiger partial charge in [0.2, 0.25) is 5.78 Å². The van der Waals surface area contributed by atoms with E-state index in [1.54, 1.807) is 15.7 Å². The zero-order valence-corrected chi connectivity index (χ0v) is 9.53. The van der Waals surface area contributed by atoms with E-state index in [1.165, 1.54) is 0 Å². The summed E-state index contributed by atoms with van der Waals surface area (Å²) in [5, 5.41) is 4.04. The molecule has 0 fully saturated rings. The predicted molar refractivity (Wildman–Crippen MR) is 65.4 cm³/mol. The van der Waals surface area contributed by atoms with Gasteiger partial charge in [-0.15, -0.1) is 0 Å². The lowest BCUT2D eigenvalue weighted by molar-refractivity contribution is 1.07. The molecule has 2 N–H and O–H groups in total. The maximum absolute atomic E-state index is 6.05. The lowest BCUT2D eigenvalue weighted by Gasteiger charge is -1.96. The molecule has 0 amide bonds. The van der Waals surface area contributed by atoms with E-state index in [4.69, 9.17) is 5.73 Å². The van der Waals surface area contributed by atoms with Gasteiger partial charge in [0.05, 0.1) is 0 Å². The molecule has 0 aliphatic carbocycles. The van der Waals surface area contributed by atoms with Gasteiger partial charge in [-0.25, -0.2) is 9.97 Å². The number of anilines is 1. The number of fused-ring (bicyclic) bond motifs is 1. The first kappa shape index (κ1) is 9.35. The molecule has 4 nitrogen and oxygen atoms in total. The van der Waals surface area contributed by atoms with Crippen molar-refractivity contribution in [3.63, 3.8) is 0 Å². The Morgan fingerprint density at radius 3 is 2.94 bits per heavy atom. The van der Waals surface area contributed by atoms with Gasteiger partial charge in [0.15, 0.2) is 0 Å². The summed E-state index contributed by atoms with van der Waals surface area (Å²) in [5.41, 5.74) is 8.84. The number of hydrogen-bond acceptors (Lipinski definition) is 4. The molecule has 0 aliphatic rings. The molecule has 0 atom stereocenters. The zero-order chi connectivity index (χ0) is 11.1. The molecule has 0 saturated carbocycles. The molecule has 0 saturated heterocycles. The maximum Gasteiger partial charge on any atom is 0.236 e. The van der Waals surface area contributed by atoms with Crippen molar-refractivity contribution < 1.29 is 0 Å². The quantitative estimate of drug-likeness (QED) is 0.698. The maximum atomic E-state index is 6.05. The SMILES string of the molecule is Cc1ccn2c(N)c(-c3ccsc3)nc2n1. The van der Waals surface area contributed by atoms with Crippen LogP contribution < -0.4 is 5.73 Å². The van der Waals surface area contributed by atoms with Crippen LogP contribution in [0.15, 0.2) is 29.1 Å². The number of imidazole rings is 1. The number of aryl methyl sites for hydroxylation is 1. The van der Waals surface area contributed by atoms with Crippen LogP contribution in [-0.2, 0) is 0 Å². The van der Waals surface area contributed by atoms with Crippen LogP contribution in [0.4, 0.5) is 5.82 Å². The number of thiophene rings is 1. The monoisotopic (exact) mass is 230 g/mol. The third-order valence-electron chi connectivity index (χ3n) is 2.47. The number of aromatic nitrogens is 3. The van der Waals surface area contributed by atoms with E-state index in [0.717, 1.165) is 17.0 Å². The van der Waals surface area contributed by atoms with Gasteiger partial charge >= 0.3 is 0 Å². The van der Waals surface area contributed by atoms with Gasteiger partial charge < -0.3 is 5.73 Å². The van der Waals surface area contributed by atoms with E-state index >= 15 is 0 Å². The predicted octanol–water partition coefficient (Wildman–Crippen LogP) is 2.35. The van der Waals surface area contributed by atoms with Gasteiger partial charge in [0, 0.05) is 22.8 Å². The minimum Gasteiger partial charge on any atom is -0.383 e. The van der Waals surface area contributed by atoms with Gasteiger partial charge in [-0.05, 0) is 24.4 Å². The van der Waals surface area contributed by atoms with Gasteiger partial charge in [-0.1, -0.05) is 0 Å². The summed E-state index contributed by atoms with van der Waals surface area (Å²) in [6.45, 7) is 1.94. The van der Waals surface area contributed by atoms with Crippen molar-refractivity contribution in [3.05, 3.63) is 34.8 Å². The van der Waals surface area contributed by atoms with Gasteiger partial charge in [-0.3, -0.25) is 4.40 Å². The molecular formula is C11H10N4S. The van der Waals surface area contributed by atoms with E-state index in [9.17, 15) is 0 Å². The first-order valence-corrected chi connectivity index (χ1v) is 5.84. The van der Waals surface area contributed by atoms with E-state index in [0.29, 0.717) is 11.6 Å². The Morgan fingerprint density at radius 2 is 2.19 bits per heavy atom. The van der Waals surface area contributed by atoms with Crippen molar-refractivity contribution in [3.8, 4) is 11.3 Å². The van der Waals surface area contributed by atoms with Crippen molar-refractivity contribution in [1.29, 1.82) is 0 Å². The Morgan fingerprint density at radius 1 is 1.31 bits per heavy atom. The van der Waals surface area contributed by atoms with E-state index < -0.39 is 0 Å². The van der Waals surface area contributed by atoms with Crippen molar-refractivity contribution in [2.24, 2.45) is 0 Å². The Kier molecular flexibility index (Phi) is 1.94. The number of hydrogen-bond donors (Lipinski definition) is 1. The molecule has 3 heterocycles. The highest BCUT2D eigenvalue weighted by atomic mass is 32.1. The van der Waals surface area contributed by atoms with Crippen LogP contribution in [0.1, 0.15) is 5.69 Å². The summed E-state index contributed by atoms with van der Waals surface area (Å²) in [7, 11) is 0.